The smallest absolute Gasteiger partial charge is 0.472 e. The van der Waals surface area contributed by atoms with Gasteiger partial charge in [-0.1, -0.05) is 58.8 Å². The molecule has 0 aromatic carbocycles. The van der Waals surface area contributed by atoms with Crippen LogP contribution in [0, 0.1) is 0 Å². The lowest BCUT2D eigenvalue weighted by Gasteiger charge is -2.20. The monoisotopic (exact) mass is 497 g/mol. The summed E-state index contributed by atoms with van der Waals surface area (Å²) in [5, 5.41) is 8.70. The summed E-state index contributed by atoms with van der Waals surface area (Å²) in [4.78, 5) is 44.4. The van der Waals surface area contributed by atoms with Crippen LogP contribution in [0.15, 0.2) is 0 Å². The van der Waals surface area contributed by atoms with E-state index in [0.717, 1.165) is 44.9 Å². The fourth-order valence-electron chi connectivity index (χ4n) is 2.65. The Labute approximate surface area is 195 Å². The number of rotatable bonds is 21. The SMILES string of the molecule is CCCCCCCCC(=O)OC(COC(=O)CCCCC)COP(=O)(O)OCC(N)C(=O)O. The Kier molecular flexibility index (Phi) is 18.0. The molecule has 0 aromatic heterocycles. The van der Waals surface area contributed by atoms with Gasteiger partial charge < -0.3 is 25.2 Å². The van der Waals surface area contributed by atoms with Gasteiger partial charge in [-0.15, -0.1) is 0 Å². The van der Waals surface area contributed by atoms with Crippen LogP contribution in [0.5, 0.6) is 0 Å². The summed E-state index contributed by atoms with van der Waals surface area (Å²) in [6, 6.07) is -1.51. The Morgan fingerprint density at radius 3 is 1.97 bits per heavy atom. The molecule has 3 atom stereocenters. The van der Waals surface area contributed by atoms with Crippen molar-refractivity contribution < 1.29 is 47.5 Å². The first-order chi connectivity index (χ1) is 15.6. The molecule has 0 rings (SSSR count). The standard InChI is InChI=1S/C21H40NO10P/c1-3-5-7-8-9-11-13-20(24)32-17(14-29-19(23)12-10-6-4-2)15-30-33(27,28)31-16-18(22)21(25)26/h17-18H,3-16,22H2,1-2H3,(H,25,26)(H,27,28). The highest BCUT2D eigenvalue weighted by Crippen LogP contribution is 2.43. The number of phosphoric ester groups is 1. The number of hydrogen-bond donors (Lipinski definition) is 3. The number of aliphatic carboxylic acids is 1. The van der Waals surface area contributed by atoms with Crippen molar-refractivity contribution >= 4 is 25.7 Å². The first kappa shape index (κ1) is 31.5. The van der Waals surface area contributed by atoms with E-state index in [2.05, 4.69) is 11.4 Å². The van der Waals surface area contributed by atoms with Crippen LogP contribution in [-0.4, -0.2) is 59.9 Å². The van der Waals surface area contributed by atoms with E-state index in [1.165, 1.54) is 0 Å². The van der Waals surface area contributed by atoms with Crippen LogP contribution in [0.4, 0.5) is 0 Å². The number of unbranched alkanes of at least 4 members (excludes halogenated alkanes) is 7. The molecule has 33 heavy (non-hydrogen) atoms. The van der Waals surface area contributed by atoms with Crippen LogP contribution in [0.2, 0.25) is 0 Å². The quantitative estimate of drug-likeness (QED) is 0.121. The lowest BCUT2D eigenvalue weighted by atomic mass is 10.1. The van der Waals surface area contributed by atoms with E-state index in [4.69, 9.17) is 24.8 Å². The van der Waals surface area contributed by atoms with Gasteiger partial charge in [-0.05, 0) is 12.8 Å². The number of nitrogens with two attached hydrogens (primary N) is 1. The predicted octanol–water partition coefficient (Wildman–Crippen LogP) is 3.32. The summed E-state index contributed by atoms with van der Waals surface area (Å²) in [5.41, 5.74) is 5.22. The lowest BCUT2D eigenvalue weighted by molar-refractivity contribution is -0.161. The molecular weight excluding hydrogens is 457 g/mol. The van der Waals surface area contributed by atoms with Crippen molar-refractivity contribution in [1.29, 1.82) is 0 Å². The topological polar surface area (TPSA) is 172 Å². The molecule has 11 nitrogen and oxygen atoms in total. The molecule has 0 aliphatic rings. The summed E-state index contributed by atoms with van der Waals surface area (Å²) in [6.45, 7) is 2.44. The van der Waals surface area contributed by atoms with Gasteiger partial charge >= 0.3 is 25.7 Å². The van der Waals surface area contributed by atoms with Gasteiger partial charge in [0.2, 0.25) is 0 Å². The molecule has 0 radical (unpaired) electrons. The summed E-state index contributed by atoms with van der Waals surface area (Å²) in [7, 11) is -4.66. The maximum absolute atomic E-state index is 12.1. The minimum Gasteiger partial charge on any atom is -0.480 e. The van der Waals surface area contributed by atoms with Crippen molar-refractivity contribution in [3.63, 3.8) is 0 Å². The van der Waals surface area contributed by atoms with E-state index >= 15 is 0 Å². The van der Waals surface area contributed by atoms with Gasteiger partial charge in [-0.2, -0.15) is 0 Å². The van der Waals surface area contributed by atoms with Crippen molar-refractivity contribution in [2.24, 2.45) is 5.73 Å². The number of phosphoric acid groups is 1. The zero-order valence-electron chi connectivity index (χ0n) is 19.7. The number of ether oxygens (including phenoxy) is 2. The van der Waals surface area contributed by atoms with Crippen LogP contribution in [0.3, 0.4) is 0 Å². The molecule has 0 aromatic rings. The molecule has 0 amide bonds. The van der Waals surface area contributed by atoms with Gasteiger partial charge in [0.25, 0.3) is 0 Å². The minimum atomic E-state index is -4.66. The molecule has 0 aliphatic heterocycles. The summed E-state index contributed by atoms with van der Waals surface area (Å²) in [6.07, 6.45) is 7.65. The van der Waals surface area contributed by atoms with E-state index in [-0.39, 0.29) is 19.4 Å². The average molecular weight is 498 g/mol. The van der Waals surface area contributed by atoms with Crippen molar-refractivity contribution in [3.8, 4) is 0 Å². The lowest BCUT2D eigenvalue weighted by Crippen LogP contribution is -2.34. The van der Waals surface area contributed by atoms with Crippen molar-refractivity contribution in [2.45, 2.75) is 96.6 Å². The number of carboxylic acid groups (broad SMARTS) is 1. The third-order valence-corrected chi connectivity index (χ3v) is 5.56. The molecule has 0 spiro atoms. The number of carbonyl (C=O) groups excluding carboxylic acids is 2. The average Bonchev–Trinajstić information content (AvgIpc) is 2.76. The van der Waals surface area contributed by atoms with Crippen LogP contribution in [-0.2, 0) is 37.5 Å². The molecule has 194 valence electrons. The van der Waals surface area contributed by atoms with Gasteiger partial charge in [-0.3, -0.25) is 23.4 Å². The molecule has 12 heteroatoms. The summed E-state index contributed by atoms with van der Waals surface area (Å²) < 4.78 is 31.7. The Balaban J connectivity index is 4.66. The minimum absolute atomic E-state index is 0.161. The molecule has 3 unspecified atom stereocenters. The number of hydrogen-bond acceptors (Lipinski definition) is 9. The molecule has 0 heterocycles. The van der Waals surface area contributed by atoms with E-state index in [0.29, 0.717) is 12.8 Å². The maximum atomic E-state index is 12.1. The number of esters is 2. The zero-order valence-corrected chi connectivity index (χ0v) is 20.6. The van der Waals surface area contributed by atoms with Gasteiger partial charge in [0.1, 0.15) is 12.6 Å². The summed E-state index contributed by atoms with van der Waals surface area (Å²) >= 11 is 0. The fourth-order valence-corrected chi connectivity index (χ4v) is 3.43. The largest absolute Gasteiger partial charge is 0.480 e. The molecule has 0 saturated carbocycles. The van der Waals surface area contributed by atoms with Crippen molar-refractivity contribution in [2.75, 3.05) is 19.8 Å². The Morgan fingerprint density at radius 2 is 1.33 bits per heavy atom. The third kappa shape index (κ3) is 18.6. The number of carbonyl (C=O) groups is 3. The van der Waals surface area contributed by atoms with Gasteiger partial charge in [-0.25, -0.2) is 4.57 Å². The van der Waals surface area contributed by atoms with Crippen LogP contribution in [0.1, 0.15) is 84.5 Å². The Hall–Kier alpha value is -1.52. The molecule has 0 fully saturated rings. The third-order valence-electron chi connectivity index (χ3n) is 4.61. The highest BCUT2D eigenvalue weighted by atomic mass is 31.2. The molecule has 0 saturated heterocycles. The molecule has 4 N–H and O–H groups in total. The fraction of sp³-hybridized carbons (Fsp3) is 0.857. The van der Waals surface area contributed by atoms with Gasteiger partial charge in [0.15, 0.2) is 6.10 Å². The first-order valence-electron chi connectivity index (χ1n) is 11.6. The van der Waals surface area contributed by atoms with Crippen LogP contribution in [0.25, 0.3) is 0 Å². The first-order valence-corrected chi connectivity index (χ1v) is 13.1. The van der Waals surface area contributed by atoms with E-state index in [1.54, 1.807) is 0 Å². The van der Waals surface area contributed by atoms with Crippen LogP contribution < -0.4 is 5.73 Å². The van der Waals surface area contributed by atoms with Crippen LogP contribution >= 0.6 is 7.82 Å². The van der Waals surface area contributed by atoms with E-state index in [9.17, 15) is 23.8 Å². The Morgan fingerprint density at radius 1 is 0.818 bits per heavy atom. The number of carboxylic acids is 1. The molecule has 0 aliphatic carbocycles. The van der Waals surface area contributed by atoms with Crippen molar-refractivity contribution in [3.05, 3.63) is 0 Å². The van der Waals surface area contributed by atoms with Crippen molar-refractivity contribution in [1.82, 2.24) is 0 Å². The second-order valence-electron chi connectivity index (χ2n) is 7.77. The van der Waals surface area contributed by atoms with E-state index in [1.807, 2.05) is 6.92 Å². The highest BCUT2D eigenvalue weighted by Gasteiger charge is 2.28. The normalized spacial score (nSPS) is 14.8. The zero-order chi connectivity index (χ0) is 25.1. The molecule has 0 bridgehead atoms. The van der Waals surface area contributed by atoms with Gasteiger partial charge in [0.05, 0.1) is 13.2 Å². The predicted molar refractivity (Wildman–Crippen MR) is 120 cm³/mol. The summed E-state index contributed by atoms with van der Waals surface area (Å²) in [5.74, 6) is -2.43. The second kappa shape index (κ2) is 18.9. The van der Waals surface area contributed by atoms with E-state index < -0.39 is 51.1 Å². The van der Waals surface area contributed by atoms with Gasteiger partial charge in [0, 0.05) is 12.8 Å². The Bertz CT molecular complexity index is 616. The second-order valence-corrected chi connectivity index (χ2v) is 9.23. The maximum Gasteiger partial charge on any atom is 0.472 e. The molecular formula is C21H40NO10P. The highest BCUT2D eigenvalue weighted by molar-refractivity contribution is 7.47.